The minimum Gasteiger partial charge on any atom is -0.369 e. The average Bonchev–Trinajstić information content (AvgIpc) is 3.24. The Hall–Kier alpha value is -2.62. The lowest BCUT2D eigenvalue weighted by Gasteiger charge is -2.37. The van der Waals surface area contributed by atoms with Crippen molar-refractivity contribution in [2.45, 2.75) is 18.3 Å². The van der Waals surface area contributed by atoms with Crippen molar-refractivity contribution in [2.75, 3.05) is 19.6 Å². The zero-order chi connectivity index (χ0) is 21.0. The van der Waals surface area contributed by atoms with Crippen LogP contribution >= 0.6 is 11.6 Å². The summed E-state index contributed by atoms with van der Waals surface area (Å²) in [6.07, 6.45) is 1.90. The molecule has 30 heavy (non-hydrogen) atoms. The number of nitrogens with two attached hydrogens (primary N) is 1. The highest BCUT2D eigenvalue weighted by Crippen LogP contribution is 2.43. The lowest BCUT2D eigenvalue weighted by atomic mass is 9.64. The molecule has 2 N–H and O–H groups in total. The normalized spacial score (nSPS) is 17.2. The van der Waals surface area contributed by atoms with Crippen molar-refractivity contribution in [3.8, 4) is 0 Å². The smallest absolute Gasteiger partial charge is 0.232 e. The van der Waals surface area contributed by atoms with E-state index in [-0.39, 0.29) is 11.8 Å². The van der Waals surface area contributed by atoms with Crippen LogP contribution in [0.4, 0.5) is 0 Å². The second kappa shape index (κ2) is 9.03. The molecule has 4 rings (SSSR count). The molecule has 1 fully saturated rings. The first kappa shape index (κ1) is 20.6. The topological polar surface area (TPSA) is 46.3 Å². The molecule has 0 aromatic heterocycles. The molecule has 0 aliphatic carbocycles. The Morgan fingerprint density at radius 1 is 0.933 bits per heavy atom. The number of benzene rings is 3. The van der Waals surface area contributed by atoms with Gasteiger partial charge >= 0.3 is 0 Å². The number of likely N-dealkylation sites (tertiary alicyclic amines) is 1. The average molecular weight is 419 g/mol. The summed E-state index contributed by atoms with van der Waals surface area (Å²) < 4.78 is 0. The Kier molecular flexibility index (Phi) is 6.21. The van der Waals surface area contributed by atoms with E-state index in [4.69, 9.17) is 17.3 Å². The van der Waals surface area contributed by atoms with Crippen molar-refractivity contribution in [2.24, 2.45) is 11.7 Å². The van der Waals surface area contributed by atoms with E-state index in [0.717, 1.165) is 48.6 Å². The summed E-state index contributed by atoms with van der Waals surface area (Å²) in [6, 6.07) is 28.1. The molecule has 1 amide bonds. The Morgan fingerprint density at radius 3 is 2.03 bits per heavy atom. The number of hydrogen-bond donors (Lipinski definition) is 1. The van der Waals surface area contributed by atoms with Crippen LogP contribution in [0, 0.1) is 5.92 Å². The minimum absolute atomic E-state index is 0.130. The van der Waals surface area contributed by atoms with Gasteiger partial charge in [-0.2, -0.15) is 0 Å². The first-order valence-electron chi connectivity index (χ1n) is 10.5. The molecular weight excluding hydrogens is 392 g/mol. The van der Waals surface area contributed by atoms with Gasteiger partial charge < -0.3 is 10.6 Å². The molecule has 154 valence electrons. The van der Waals surface area contributed by atoms with Gasteiger partial charge in [-0.15, -0.1) is 0 Å². The number of halogens is 1. The second-order valence-corrected chi connectivity index (χ2v) is 8.50. The molecule has 1 saturated heterocycles. The van der Waals surface area contributed by atoms with E-state index >= 15 is 0 Å². The number of hydrogen-bond acceptors (Lipinski definition) is 2. The lowest BCUT2D eigenvalue weighted by molar-refractivity contribution is -0.123. The molecule has 0 spiro atoms. The number of rotatable bonds is 7. The van der Waals surface area contributed by atoms with Gasteiger partial charge in [0, 0.05) is 18.1 Å². The van der Waals surface area contributed by atoms with E-state index in [1.165, 1.54) is 5.56 Å². The van der Waals surface area contributed by atoms with E-state index in [1.807, 2.05) is 72.8 Å². The van der Waals surface area contributed by atoms with Crippen LogP contribution in [0.1, 0.15) is 23.1 Å². The SMILES string of the molecule is NC(=O)C(c1ccccc1)(c1ccccc1)[C@@H]1CCN(CCc2ccc(Cl)cc2)C1. The highest BCUT2D eigenvalue weighted by Gasteiger charge is 2.49. The fourth-order valence-corrected chi connectivity index (χ4v) is 4.98. The molecule has 1 aliphatic heterocycles. The van der Waals surface area contributed by atoms with E-state index < -0.39 is 5.41 Å². The van der Waals surface area contributed by atoms with E-state index in [0.29, 0.717) is 0 Å². The summed E-state index contributed by atoms with van der Waals surface area (Å²) in [6.45, 7) is 2.77. The molecule has 1 atom stereocenters. The Balaban J connectivity index is 1.60. The predicted octanol–water partition coefficient (Wildman–Crippen LogP) is 4.68. The van der Waals surface area contributed by atoms with Crippen LogP contribution in [-0.4, -0.2) is 30.4 Å². The molecule has 0 unspecified atom stereocenters. The van der Waals surface area contributed by atoms with Gasteiger partial charge in [-0.3, -0.25) is 4.79 Å². The Morgan fingerprint density at radius 2 is 1.50 bits per heavy atom. The van der Waals surface area contributed by atoms with Crippen molar-refractivity contribution in [3.05, 3.63) is 107 Å². The number of nitrogens with zero attached hydrogens (tertiary/aromatic N) is 1. The Labute approximate surface area is 183 Å². The molecule has 0 saturated carbocycles. The van der Waals surface area contributed by atoms with Gasteiger partial charge in [-0.25, -0.2) is 0 Å². The van der Waals surface area contributed by atoms with Crippen LogP contribution in [0.2, 0.25) is 5.02 Å². The van der Waals surface area contributed by atoms with E-state index in [1.54, 1.807) is 0 Å². The first-order chi connectivity index (χ1) is 14.6. The van der Waals surface area contributed by atoms with Crippen molar-refractivity contribution < 1.29 is 4.79 Å². The predicted molar refractivity (Wildman–Crippen MR) is 123 cm³/mol. The van der Waals surface area contributed by atoms with Gasteiger partial charge in [0.25, 0.3) is 0 Å². The van der Waals surface area contributed by atoms with Gasteiger partial charge in [-0.05, 0) is 54.1 Å². The summed E-state index contributed by atoms with van der Waals surface area (Å²) >= 11 is 6.00. The van der Waals surface area contributed by atoms with Crippen LogP contribution in [0.25, 0.3) is 0 Å². The van der Waals surface area contributed by atoms with Crippen LogP contribution < -0.4 is 5.73 Å². The maximum Gasteiger partial charge on any atom is 0.232 e. The summed E-state index contributed by atoms with van der Waals surface area (Å²) in [7, 11) is 0. The van der Waals surface area contributed by atoms with Crippen LogP contribution in [0.3, 0.4) is 0 Å². The maximum absolute atomic E-state index is 13.1. The van der Waals surface area contributed by atoms with Crippen LogP contribution in [-0.2, 0) is 16.6 Å². The molecular formula is C26H27ClN2O. The fraction of sp³-hybridized carbons (Fsp3) is 0.269. The molecule has 0 radical (unpaired) electrons. The van der Waals surface area contributed by atoms with Crippen molar-refractivity contribution >= 4 is 17.5 Å². The molecule has 1 heterocycles. The summed E-state index contributed by atoms with van der Waals surface area (Å²) in [5.41, 5.74) is 8.58. The maximum atomic E-state index is 13.1. The van der Waals surface area contributed by atoms with Crippen molar-refractivity contribution in [3.63, 3.8) is 0 Å². The minimum atomic E-state index is -0.822. The third-order valence-electron chi connectivity index (χ3n) is 6.36. The third kappa shape index (κ3) is 4.00. The molecule has 0 bridgehead atoms. The summed E-state index contributed by atoms with van der Waals surface area (Å²) in [4.78, 5) is 15.6. The largest absolute Gasteiger partial charge is 0.369 e. The highest BCUT2D eigenvalue weighted by atomic mass is 35.5. The van der Waals surface area contributed by atoms with Gasteiger partial charge in [0.15, 0.2) is 0 Å². The van der Waals surface area contributed by atoms with E-state index in [2.05, 4.69) is 17.0 Å². The van der Waals surface area contributed by atoms with Gasteiger partial charge in [0.2, 0.25) is 5.91 Å². The first-order valence-corrected chi connectivity index (χ1v) is 10.9. The molecule has 3 aromatic carbocycles. The molecule has 1 aliphatic rings. The Bertz CT molecular complexity index is 933. The summed E-state index contributed by atoms with van der Waals surface area (Å²) in [5, 5.41) is 0.761. The quantitative estimate of drug-likeness (QED) is 0.605. The van der Waals surface area contributed by atoms with Crippen molar-refractivity contribution in [1.29, 1.82) is 0 Å². The van der Waals surface area contributed by atoms with Crippen molar-refractivity contribution in [1.82, 2.24) is 4.90 Å². The monoisotopic (exact) mass is 418 g/mol. The van der Waals surface area contributed by atoms with Gasteiger partial charge in [0.05, 0.1) is 0 Å². The third-order valence-corrected chi connectivity index (χ3v) is 6.61. The standard InChI is InChI=1S/C26H27ClN2O/c27-24-13-11-20(12-14-24)15-17-29-18-16-23(19-29)26(25(28)30,21-7-3-1-4-8-21)22-9-5-2-6-10-22/h1-14,23H,15-19H2,(H2,28,30)/t23-/m1/s1. The second-order valence-electron chi connectivity index (χ2n) is 8.07. The molecule has 3 aromatic rings. The molecule has 4 heteroatoms. The van der Waals surface area contributed by atoms with Crippen LogP contribution in [0.5, 0.6) is 0 Å². The fourth-order valence-electron chi connectivity index (χ4n) is 4.85. The number of primary amides is 1. The van der Waals surface area contributed by atoms with Gasteiger partial charge in [-0.1, -0.05) is 84.4 Å². The zero-order valence-electron chi connectivity index (χ0n) is 17.0. The molecule has 3 nitrogen and oxygen atoms in total. The summed E-state index contributed by atoms with van der Waals surface area (Å²) in [5.74, 6) is -0.144. The number of amides is 1. The van der Waals surface area contributed by atoms with Crippen LogP contribution in [0.15, 0.2) is 84.9 Å². The number of carbonyl (C=O) groups excluding carboxylic acids is 1. The lowest BCUT2D eigenvalue weighted by Crippen LogP contribution is -2.49. The number of carbonyl (C=O) groups is 1. The van der Waals surface area contributed by atoms with Gasteiger partial charge in [0.1, 0.15) is 5.41 Å². The van der Waals surface area contributed by atoms with E-state index in [9.17, 15) is 4.79 Å². The zero-order valence-corrected chi connectivity index (χ0v) is 17.8. The highest BCUT2D eigenvalue weighted by molar-refractivity contribution is 6.30.